The largest absolute Gasteiger partial charge is 0.442 e. The highest BCUT2D eigenvalue weighted by molar-refractivity contribution is 5.90. The second kappa shape index (κ2) is 7.26. The number of carbonyl (C=O) groups excluding carboxylic acids is 1. The van der Waals surface area contributed by atoms with Gasteiger partial charge in [-0.15, -0.1) is 0 Å². The summed E-state index contributed by atoms with van der Waals surface area (Å²) in [4.78, 5) is 15.3. The van der Waals surface area contributed by atoms with Gasteiger partial charge >= 0.3 is 6.09 Å². The molecule has 1 aromatic heterocycles. The Morgan fingerprint density at radius 1 is 1.36 bits per heavy atom. The van der Waals surface area contributed by atoms with Gasteiger partial charge in [-0.2, -0.15) is 9.65 Å². The van der Waals surface area contributed by atoms with E-state index >= 15 is 0 Å². The number of benzene rings is 1. The third kappa shape index (κ3) is 3.51. The molecule has 2 aromatic rings. The van der Waals surface area contributed by atoms with Crippen molar-refractivity contribution in [1.82, 2.24) is 15.0 Å². The molecule has 3 heterocycles. The summed E-state index contributed by atoms with van der Waals surface area (Å²) in [7, 11) is 0. The average molecular weight is 386 g/mol. The molecule has 2 aliphatic heterocycles. The molecule has 0 spiro atoms. The van der Waals surface area contributed by atoms with Crippen LogP contribution >= 0.6 is 0 Å². The molecule has 1 saturated heterocycles. The minimum atomic E-state index is -0.715. The first-order valence-electron chi connectivity index (χ1n) is 8.71. The molecule has 0 aliphatic carbocycles. The van der Waals surface area contributed by atoms with E-state index in [1.807, 2.05) is 4.90 Å². The topological polar surface area (TPSA) is 87.3 Å². The second-order valence-corrected chi connectivity index (χ2v) is 6.55. The van der Waals surface area contributed by atoms with E-state index in [4.69, 9.17) is 10.00 Å². The number of carbonyl (C=O) groups is 1. The predicted octanol–water partition coefficient (Wildman–Crippen LogP) is 2.24. The fourth-order valence-electron chi connectivity index (χ4n) is 3.31. The highest BCUT2D eigenvalue weighted by Crippen LogP contribution is 2.29. The van der Waals surface area contributed by atoms with Gasteiger partial charge < -0.3 is 9.64 Å². The zero-order chi connectivity index (χ0) is 19.7. The van der Waals surface area contributed by atoms with Crippen LogP contribution in [-0.4, -0.2) is 46.8 Å². The molecule has 2 aliphatic rings. The van der Waals surface area contributed by atoms with Crippen molar-refractivity contribution in [3.05, 3.63) is 47.8 Å². The zero-order valence-electron chi connectivity index (χ0n) is 14.8. The van der Waals surface area contributed by atoms with E-state index in [9.17, 15) is 13.6 Å². The van der Waals surface area contributed by atoms with E-state index in [0.29, 0.717) is 36.5 Å². The van der Waals surface area contributed by atoms with Gasteiger partial charge in [0.25, 0.3) is 5.95 Å². The van der Waals surface area contributed by atoms with Crippen LogP contribution < -0.4 is 9.80 Å². The van der Waals surface area contributed by atoms with Crippen LogP contribution in [0.5, 0.6) is 0 Å². The van der Waals surface area contributed by atoms with Crippen LogP contribution in [0.15, 0.2) is 36.0 Å². The Labute approximate surface area is 159 Å². The molecule has 1 atom stereocenters. The van der Waals surface area contributed by atoms with Crippen molar-refractivity contribution in [2.24, 2.45) is 0 Å². The molecule has 0 bridgehead atoms. The van der Waals surface area contributed by atoms with Crippen LogP contribution in [0.2, 0.25) is 0 Å². The lowest BCUT2D eigenvalue weighted by Crippen LogP contribution is -2.29. The number of halogens is 2. The SMILES string of the molecule is N#CC1=CCN(c2ccc(N3C[C@H](Cn4cc(F)nn4)OC3=O)cc2F)CC1. The van der Waals surface area contributed by atoms with Crippen molar-refractivity contribution in [1.29, 1.82) is 5.26 Å². The highest BCUT2D eigenvalue weighted by Gasteiger charge is 2.33. The van der Waals surface area contributed by atoms with Gasteiger partial charge in [0, 0.05) is 18.7 Å². The van der Waals surface area contributed by atoms with Crippen molar-refractivity contribution >= 4 is 17.5 Å². The van der Waals surface area contributed by atoms with E-state index in [0.717, 1.165) is 6.20 Å². The maximum Gasteiger partial charge on any atom is 0.414 e. The standard InChI is InChI=1S/C18H16F2N6O2/c19-15-7-13(1-2-16(15)24-5-3-12(8-21)4-6-24)26-10-14(28-18(26)27)9-25-11-17(20)22-23-25/h1-3,7,11,14H,4-6,9-10H2/t14-/m0/s1. The Morgan fingerprint density at radius 3 is 2.86 bits per heavy atom. The second-order valence-electron chi connectivity index (χ2n) is 6.55. The van der Waals surface area contributed by atoms with Crippen LogP contribution in [0.25, 0.3) is 0 Å². The summed E-state index contributed by atoms with van der Waals surface area (Å²) in [5.41, 5.74) is 1.49. The summed E-state index contributed by atoms with van der Waals surface area (Å²) >= 11 is 0. The summed E-state index contributed by atoms with van der Waals surface area (Å²) in [6.07, 6.45) is 2.31. The summed E-state index contributed by atoms with van der Waals surface area (Å²) in [5, 5.41) is 15.7. The van der Waals surface area contributed by atoms with E-state index in [1.54, 1.807) is 18.2 Å². The van der Waals surface area contributed by atoms with E-state index in [1.165, 1.54) is 15.6 Å². The Balaban J connectivity index is 1.46. The van der Waals surface area contributed by atoms with Crippen molar-refractivity contribution in [2.45, 2.75) is 19.1 Å². The van der Waals surface area contributed by atoms with Gasteiger partial charge in [0.2, 0.25) is 0 Å². The fraction of sp³-hybridized carbons (Fsp3) is 0.333. The smallest absolute Gasteiger partial charge is 0.414 e. The van der Waals surface area contributed by atoms with Crippen LogP contribution in [0.1, 0.15) is 6.42 Å². The van der Waals surface area contributed by atoms with Crippen molar-refractivity contribution in [3.63, 3.8) is 0 Å². The number of amides is 1. The van der Waals surface area contributed by atoms with Crippen molar-refractivity contribution < 1.29 is 18.3 Å². The third-order valence-electron chi connectivity index (χ3n) is 4.71. The molecule has 10 heteroatoms. The van der Waals surface area contributed by atoms with Crippen LogP contribution in [0.4, 0.5) is 25.0 Å². The van der Waals surface area contributed by atoms with Crippen LogP contribution in [0.3, 0.4) is 0 Å². The molecule has 0 saturated carbocycles. The van der Waals surface area contributed by atoms with Gasteiger partial charge in [-0.25, -0.2) is 13.9 Å². The van der Waals surface area contributed by atoms with Gasteiger partial charge in [0.15, 0.2) is 0 Å². The number of anilines is 2. The maximum absolute atomic E-state index is 14.7. The van der Waals surface area contributed by atoms with Gasteiger partial charge in [0.1, 0.15) is 11.9 Å². The monoisotopic (exact) mass is 386 g/mol. The summed E-state index contributed by atoms with van der Waals surface area (Å²) in [6, 6.07) is 6.67. The Bertz CT molecular complexity index is 983. The summed E-state index contributed by atoms with van der Waals surface area (Å²) in [5.74, 6) is -1.17. The number of hydrogen-bond donors (Lipinski definition) is 0. The Morgan fingerprint density at radius 2 is 2.21 bits per heavy atom. The van der Waals surface area contributed by atoms with E-state index in [-0.39, 0.29) is 13.1 Å². The normalized spacial score (nSPS) is 19.4. The number of aromatic nitrogens is 3. The minimum Gasteiger partial charge on any atom is -0.442 e. The predicted molar refractivity (Wildman–Crippen MR) is 94.5 cm³/mol. The average Bonchev–Trinajstić information content (AvgIpc) is 3.27. The number of rotatable bonds is 4. The summed E-state index contributed by atoms with van der Waals surface area (Å²) in [6.45, 7) is 1.36. The first kappa shape index (κ1) is 17.9. The molecule has 8 nitrogen and oxygen atoms in total. The quantitative estimate of drug-likeness (QED) is 0.801. The molecule has 1 fully saturated rings. The maximum atomic E-state index is 14.7. The highest BCUT2D eigenvalue weighted by atomic mass is 19.1. The van der Waals surface area contributed by atoms with Gasteiger partial charge in [0.05, 0.1) is 36.7 Å². The van der Waals surface area contributed by atoms with Gasteiger partial charge in [-0.3, -0.25) is 4.90 Å². The molecular weight excluding hydrogens is 370 g/mol. The van der Waals surface area contributed by atoms with Crippen molar-refractivity contribution in [3.8, 4) is 6.07 Å². The molecule has 0 N–H and O–H groups in total. The minimum absolute atomic E-state index is 0.154. The molecule has 4 rings (SSSR count). The number of hydrogen-bond acceptors (Lipinski definition) is 6. The van der Waals surface area contributed by atoms with Crippen LogP contribution in [0, 0.1) is 23.1 Å². The van der Waals surface area contributed by atoms with E-state index < -0.39 is 24.0 Å². The number of cyclic esters (lactones) is 1. The molecule has 144 valence electrons. The molecule has 0 unspecified atom stereocenters. The Kier molecular flexibility index (Phi) is 4.65. The summed E-state index contributed by atoms with van der Waals surface area (Å²) < 4.78 is 34.1. The molecule has 0 radical (unpaired) electrons. The first-order chi connectivity index (χ1) is 13.5. The third-order valence-corrected chi connectivity index (χ3v) is 4.71. The number of ether oxygens (including phenoxy) is 1. The van der Waals surface area contributed by atoms with Crippen LogP contribution in [-0.2, 0) is 11.3 Å². The molecular formula is C18H16F2N6O2. The lowest BCUT2D eigenvalue weighted by Gasteiger charge is -2.27. The first-order valence-corrected chi connectivity index (χ1v) is 8.71. The molecule has 1 amide bonds. The number of nitriles is 1. The van der Waals surface area contributed by atoms with Gasteiger partial charge in [-0.05, 0) is 24.6 Å². The Hall–Kier alpha value is -3.48. The van der Waals surface area contributed by atoms with Crippen molar-refractivity contribution in [2.75, 3.05) is 29.4 Å². The lowest BCUT2D eigenvalue weighted by molar-refractivity contribution is 0.129. The molecule has 28 heavy (non-hydrogen) atoms. The lowest BCUT2D eigenvalue weighted by atomic mass is 10.1. The fourth-order valence-corrected chi connectivity index (χ4v) is 3.31. The molecule has 1 aromatic carbocycles. The van der Waals surface area contributed by atoms with Gasteiger partial charge in [-0.1, -0.05) is 16.4 Å². The zero-order valence-corrected chi connectivity index (χ0v) is 14.8. The van der Waals surface area contributed by atoms with E-state index in [2.05, 4.69) is 16.4 Å². The number of nitrogens with zero attached hydrogens (tertiary/aromatic N) is 6.